The minimum absolute atomic E-state index is 0. The predicted octanol–water partition coefficient (Wildman–Crippen LogP) is 2.12. The monoisotopic (exact) mass is 222 g/mol. The molecule has 1 rings (SSSR count). The fourth-order valence-corrected chi connectivity index (χ4v) is 1.08. The summed E-state index contributed by atoms with van der Waals surface area (Å²) in [5, 5.41) is 0. The van der Waals surface area contributed by atoms with Gasteiger partial charge in [-0.2, -0.15) is 0 Å². The fraction of sp³-hybridized carbons (Fsp3) is 0.444. The second kappa shape index (κ2) is 7.13. The normalized spacial score (nSPS) is 11.0. The van der Waals surface area contributed by atoms with Crippen LogP contribution in [0.25, 0.3) is 0 Å². The van der Waals surface area contributed by atoms with Gasteiger partial charge in [-0.3, -0.25) is 4.98 Å². The Bertz CT molecular complexity index is 239. The molecule has 1 heterocycles. The summed E-state index contributed by atoms with van der Waals surface area (Å²) in [6.45, 7) is 4.07. The highest BCUT2D eigenvalue weighted by molar-refractivity contribution is 5.85. The molecule has 0 fully saturated rings. The Kier molecular flexibility index (Phi) is 8.32. The smallest absolute Gasteiger partial charge is 0.0299 e. The summed E-state index contributed by atoms with van der Waals surface area (Å²) in [4.78, 5) is 4.01. The van der Waals surface area contributed by atoms with E-state index < -0.39 is 0 Å². The summed E-state index contributed by atoms with van der Waals surface area (Å²) in [5.41, 5.74) is 8.20. The van der Waals surface area contributed by atoms with Crippen LogP contribution in [0, 0.1) is 6.92 Å². The van der Waals surface area contributed by atoms with Gasteiger partial charge in [0.15, 0.2) is 0 Å². The SMILES string of the molecule is Cc1cnccc1CC(C)N.Cl.Cl. The molecular formula is C9H16Cl2N2. The van der Waals surface area contributed by atoms with E-state index in [2.05, 4.69) is 11.9 Å². The van der Waals surface area contributed by atoms with E-state index in [1.807, 2.05) is 25.4 Å². The fourth-order valence-electron chi connectivity index (χ4n) is 1.08. The molecule has 4 heteroatoms. The van der Waals surface area contributed by atoms with E-state index in [4.69, 9.17) is 5.73 Å². The van der Waals surface area contributed by atoms with Crippen molar-refractivity contribution >= 4 is 24.8 Å². The van der Waals surface area contributed by atoms with Gasteiger partial charge < -0.3 is 5.73 Å². The van der Waals surface area contributed by atoms with Crippen LogP contribution in [0.4, 0.5) is 0 Å². The standard InChI is InChI=1S/C9H14N2.2ClH/c1-7-6-11-4-3-9(7)5-8(2)10;;/h3-4,6,8H,5,10H2,1-2H3;2*1H. The largest absolute Gasteiger partial charge is 0.328 e. The number of hydrogen-bond donors (Lipinski definition) is 1. The topological polar surface area (TPSA) is 38.9 Å². The zero-order valence-corrected chi connectivity index (χ0v) is 9.49. The summed E-state index contributed by atoms with van der Waals surface area (Å²) in [6.07, 6.45) is 4.62. The molecule has 0 aliphatic carbocycles. The number of aromatic nitrogens is 1. The summed E-state index contributed by atoms with van der Waals surface area (Å²) < 4.78 is 0. The molecule has 0 radical (unpaired) electrons. The maximum atomic E-state index is 5.67. The van der Waals surface area contributed by atoms with Gasteiger partial charge in [-0.25, -0.2) is 0 Å². The first-order valence-corrected chi connectivity index (χ1v) is 3.85. The van der Waals surface area contributed by atoms with E-state index in [1.165, 1.54) is 11.1 Å². The molecule has 0 amide bonds. The maximum absolute atomic E-state index is 5.67. The number of aryl methyl sites for hydroxylation is 1. The first-order valence-electron chi connectivity index (χ1n) is 3.85. The van der Waals surface area contributed by atoms with Crippen molar-refractivity contribution in [2.75, 3.05) is 0 Å². The lowest BCUT2D eigenvalue weighted by molar-refractivity contribution is 0.733. The second-order valence-corrected chi connectivity index (χ2v) is 2.98. The number of nitrogens with zero attached hydrogens (tertiary/aromatic N) is 1. The van der Waals surface area contributed by atoms with Crippen LogP contribution in [0.1, 0.15) is 18.1 Å². The molecule has 0 spiro atoms. The van der Waals surface area contributed by atoms with Gasteiger partial charge in [0.1, 0.15) is 0 Å². The predicted molar refractivity (Wildman–Crippen MR) is 60.8 cm³/mol. The van der Waals surface area contributed by atoms with Crippen LogP contribution in [0.15, 0.2) is 18.5 Å². The van der Waals surface area contributed by atoms with E-state index >= 15 is 0 Å². The summed E-state index contributed by atoms with van der Waals surface area (Å²) in [5.74, 6) is 0. The van der Waals surface area contributed by atoms with Crippen molar-refractivity contribution in [3.8, 4) is 0 Å². The maximum Gasteiger partial charge on any atom is 0.0299 e. The van der Waals surface area contributed by atoms with Crippen molar-refractivity contribution in [3.63, 3.8) is 0 Å². The minimum Gasteiger partial charge on any atom is -0.328 e. The number of halogens is 2. The summed E-state index contributed by atoms with van der Waals surface area (Å²) >= 11 is 0. The highest BCUT2D eigenvalue weighted by Crippen LogP contribution is 2.06. The zero-order chi connectivity index (χ0) is 8.27. The average Bonchev–Trinajstić information content (AvgIpc) is 1.93. The van der Waals surface area contributed by atoms with E-state index in [1.54, 1.807) is 0 Å². The van der Waals surface area contributed by atoms with Crippen LogP contribution in [-0.4, -0.2) is 11.0 Å². The van der Waals surface area contributed by atoms with Crippen molar-refractivity contribution in [1.29, 1.82) is 0 Å². The molecule has 0 saturated heterocycles. The minimum atomic E-state index is 0. The molecule has 1 atom stereocenters. The van der Waals surface area contributed by atoms with Crippen LogP contribution in [0.3, 0.4) is 0 Å². The third-order valence-corrected chi connectivity index (χ3v) is 1.68. The Labute approximate surface area is 91.8 Å². The third-order valence-electron chi connectivity index (χ3n) is 1.68. The van der Waals surface area contributed by atoms with Crippen LogP contribution in [0.2, 0.25) is 0 Å². The van der Waals surface area contributed by atoms with Crippen molar-refractivity contribution < 1.29 is 0 Å². The Morgan fingerprint density at radius 3 is 2.54 bits per heavy atom. The Hall–Kier alpha value is -0.310. The average molecular weight is 223 g/mol. The quantitative estimate of drug-likeness (QED) is 0.834. The second-order valence-electron chi connectivity index (χ2n) is 2.98. The van der Waals surface area contributed by atoms with Gasteiger partial charge in [0.25, 0.3) is 0 Å². The molecule has 0 aliphatic rings. The number of nitrogens with two attached hydrogens (primary N) is 1. The van der Waals surface area contributed by atoms with Crippen LogP contribution in [0.5, 0.6) is 0 Å². The van der Waals surface area contributed by atoms with Gasteiger partial charge >= 0.3 is 0 Å². The number of rotatable bonds is 2. The molecular weight excluding hydrogens is 207 g/mol. The summed E-state index contributed by atoms with van der Waals surface area (Å²) in [7, 11) is 0. The van der Waals surface area contributed by atoms with Gasteiger partial charge in [0, 0.05) is 18.4 Å². The third kappa shape index (κ3) is 5.09. The van der Waals surface area contributed by atoms with E-state index in [-0.39, 0.29) is 30.9 Å². The molecule has 1 unspecified atom stereocenters. The van der Waals surface area contributed by atoms with E-state index in [0.29, 0.717) is 0 Å². The molecule has 2 N–H and O–H groups in total. The molecule has 13 heavy (non-hydrogen) atoms. The molecule has 0 aliphatic heterocycles. The van der Waals surface area contributed by atoms with Crippen molar-refractivity contribution in [1.82, 2.24) is 4.98 Å². The molecule has 0 bridgehead atoms. The first kappa shape index (κ1) is 15.2. The Balaban J connectivity index is 0. The van der Waals surface area contributed by atoms with Gasteiger partial charge in [0.05, 0.1) is 0 Å². The molecule has 1 aromatic heterocycles. The van der Waals surface area contributed by atoms with Gasteiger partial charge in [-0.15, -0.1) is 24.8 Å². The molecule has 0 saturated carbocycles. The van der Waals surface area contributed by atoms with Gasteiger partial charge in [-0.1, -0.05) is 0 Å². The molecule has 2 nitrogen and oxygen atoms in total. The molecule has 0 aromatic carbocycles. The number of pyridine rings is 1. The van der Waals surface area contributed by atoms with Crippen LogP contribution >= 0.6 is 24.8 Å². The Morgan fingerprint density at radius 1 is 1.46 bits per heavy atom. The van der Waals surface area contributed by atoms with Crippen molar-refractivity contribution in [3.05, 3.63) is 29.6 Å². The molecule has 76 valence electrons. The van der Waals surface area contributed by atoms with E-state index in [9.17, 15) is 0 Å². The molecule has 1 aromatic rings. The first-order chi connectivity index (χ1) is 5.20. The van der Waals surface area contributed by atoms with Crippen molar-refractivity contribution in [2.45, 2.75) is 26.3 Å². The van der Waals surface area contributed by atoms with Gasteiger partial charge in [0.2, 0.25) is 0 Å². The summed E-state index contributed by atoms with van der Waals surface area (Å²) in [6, 6.07) is 2.26. The van der Waals surface area contributed by atoms with E-state index in [0.717, 1.165) is 6.42 Å². The lowest BCUT2D eigenvalue weighted by Gasteiger charge is -2.06. The van der Waals surface area contributed by atoms with Crippen LogP contribution in [-0.2, 0) is 6.42 Å². The highest BCUT2D eigenvalue weighted by atomic mass is 35.5. The highest BCUT2D eigenvalue weighted by Gasteiger charge is 1.99. The number of hydrogen-bond acceptors (Lipinski definition) is 2. The van der Waals surface area contributed by atoms with Crippen LogP contribution < -0.4 is 5.73 Å². The van der Waals surface area contributed by atoms with Gasteiger partial charge in [-0.05, 0) is 37.5 Å². The lowest BCUT2D eigenvalue weighted by atomic mass is 10.1. The lowest BCUT2D eigenvalue weighted by Crippen LogP contribution is -2.18. The Morgan fingerprint density at radius 2 is 2.08 bits per heavy atom. The van der Waals surface area contributed by atoms with Crippen molar-refractivity contribution in [2.24, 2.45) is 5.73 Å². The zero-order valence-electron chi connectivity index (χ0n) is 7.86.